The minimum Gasteiger partial charge on any atom is -0.490 e. The zero-order valence-corrected chi connectivity index (χ0v) is 17.8. The van der Waals surface area contributed by atoms with Gasteiger partial charge in [0.1, 0.15) is 13.2 Å². The summed E-state index contributed by atoms with van der Waals surface area (Å²) in [6.45, 7) is 8.06. The SMILES string of the molecule is CCOc1ccc([C@H](C)NC(=O)CSc2ccc3c(c2)OCCO3)cc1OCC. The van der Waals surface area contributed by atoms with Gasteiger partial charge in [0, 0.05) is 4.90 Å². The van der Waals surface area contributed by atoms with Crippen molar-refractivity contribution in [2.24, 2.45) is 0 Å². The third kappa shape index (κ3) is 5.73. The highest BCUT2D eigenvalue weighted by molar-refractivity contribution is 8.00. The Kier molecular flexibility index (Phi) is 7.52. The van der Waals surface area contributed by atoms with E-state index >= 15 is 0 Å². The Morgan fingerprint density at radius 1 is 1.03 bits per heavy atom. The first-order chi connectivity index (χ1) is 14.1. The average Bonchev–Trinajstić information content (AvgIpc) is 2.73. The van der Waals surface area contributed by atoms with E-state index in [1.807, 2.05) is 57.2 Å². The molecule has 1 amide bonds. The van der Waals surface area contributed by atoms with E-state index in [4.69, 9.17) is 18.9 Å². The molecule has 0 bridgehead atoms. The second-order valence-electron chi connectivity index (χ2n) is 6.46. The van der Waals surface area contributed by atoms with Crippen LogP contribution >= 0.6 is 11.8 Å². The Labute approximate surface area is 175 Å². The van der Waals surface area contributed by atoms with Crippen LogP contribution in [-0.4, -0.2) is 38.1 Å². The Bertz CT molecular complexity index is 842. The molecule has 0 aromatic heterocycles. The van der Waals surface area contributed by atoms with Gasteiger partial charge in [-0.1, -0.05) is 6.07 Å². The molecule has 0 unspecified atom stereocenters. The first kappa shape index (κ1) is 21.2. The summed E-state index contributed by atoms with van der Waals surface area (Å²) in [6, 6.07) is 11.4. The van der Waals surface area contributed by atoms with Crippen molar-refractivity contribution in [3.63, 3.8) is 0 Å². The molecular weight excluding hydrogens is 390 g/mol. The summed E-state index contributed by atoms with van der Waals surface area (Å²) in [5, 5.41) is 3.04. The number of hydrogen-bond acceptors (Lipinski definition) is 6. The molecule has 7 heteroatoms. The van der Waals surface area contributed by atoms with E-state index in [0.29, 0.717) is 43.7 Å². The number of benzene rings is 2. The number of ether oxygens (including phenoxy) is 4. The largest absolute Gasteiger partial charge is 0.490 e. The van der Waals surface area contributed by atoms with Crippen LogP contribution in [0.25, 0.3) is 0 Å². The van der Waals surface area contributed by atoms with Gasteiger partial charge in [0.05, 0.1) is 25.0 Å². The molecule has 29 heavy (non-hydrogen) atoms. The predicted molar refractivity (Wildman–Crippen MR) is 113 cm³/mol. The molecule has 0 saturated carbocycles. The molecule has 1 atom stereocenters. The molecule has 2 aromatic rings. The summed E-state index contributed by atoms with van der Waals surface area (Å²) < 4.78 is 22.4. The van der Waals surface area contributed by atoms with Crippen LogP contribution in [0, 0.1) is 0 Å². The molecule has 0 saturated heterocycles. The fourth-order valence-corrected chi connectivity index (χ4v) is 3.70. The molecule has 0 fully saturated rings. The smallest absolute Gasteiger partial charge is 0.230 e. The summed E-state index contributed by atoms with van der Waals surface area (Å²) in [5.41, 5.74) is 0.967. The lowest BCUT2D eigenvalue weighted by molar-refractivity contribution is -0.119. The molecule has 0 aliphatic carbocycles. The number of rotatable bonds is 9. The Morgan fingerprint density at radius 2 is 1.76 bits per heavy atom. The van der Waals surface area contributed by atoms with Crippen molar-refractivity contribution in [2.75, 3.05) is 32.2 Å². The number of carbonyl (C=O) groups is 1. The lowest BCUT2D eigenvalue weighted by Gasteiger charge is -2.19. The predicted octanol–water partition coefficient (Wildman–Crippen LogP) is 4.22. The number of nitrogens with one attached hydrogen (secondary N) is 1. The number of amides is 1. The Hall–Kier alpha value is -2.54. The molecule has 1 heterocycles. The fourth-order valence-electron chi connectivity index (χ4n) is 2.97. The van der Waals surface area contributed by atoms with Crippen molar-refractivity contribution < 1.29 is 23.7 Å². The van der Waals surface area contributed by atoms with Crippen LogP contribution in [0.2, 0.25) is 0 Å². The highest BCUT2D eigenvalue weighted by Crippen LogP contribution is 2.34. The highest BCUT2D eigenvalue weighted by atomic mass is 32.2. The lowest BCUT2D eigenvalue weighted by atomic mass is 10.1. The summed E-state index contributed by atoms with van der Waals surface area (Å²) >= 11 is 1.47. The second-order valence-corrected chi connectivity index (χ2v) is 7.50. The van der Waals surface area contributed by atoms with Gasteiger partial charge in [0.25, 0.3) is 0 Å². The second kappa shape index (κ2) is 10.3. The summed E-state index contributed by atoms with van der Waals surface area (Å²) in [6.07, 6.45) is 0. The van der Waals surface area contributed by atoms with Gasteiger partial charge in [-0.3, -0.25) is 4.79 Å². The average molecular weight is 418 g/mol. The van der Waals surface area contributed by atoms with Crippen LogP contribution in [0.1, 0.15) is 32.4 Å². The normalized spacial score (nSPS) is 13.5. The van der Waals surface area contributed by atoms with E-state index in [-0.39, 0.29) is 11.9 Å². The summed E-state index contributed by atoms with van der Waals surface area (Å²) in [5.74, 6) is 3.17. The lowest BCUT2D eigenvalue weighted by Crippen LogP contribution is -2.28. The van der Waals surface area contributed by atoms with Gasteiger partial charge in [-0.25, -0.2) is 0 Å². The topological polar surface area (TPSA) is 66.0 Å². The van der Waals surface area contributed by atoms with E-state index in [9.17, 15) is 4.79 Å². The van der Waals surface area contributed by atoms with E-state index in [1.54, 1.807) is 0 Å². The molecular formula is C22H27NO5S. The van der Waals surface area contributed by atoms with E-state index in [2.05, 4.69) is 5.32 Å². The quantitative estimate of drug-likeness (QED) is 0.616. The number of hydrogen-bond donors (Lipinski definition) is 1. The minimum absolute atomic E-state index is 0.0377. The number of fused-ring (bicyclic) bond motifs is 1. The molecule has 3 rings (SSSR count). The van der Waals surface area contributed by atoms with Crippen LogP contribution in [0.4, 0.5) is 0 Å². The molecule has 1 aliphatic heterocycles. The maximum atomic E-state index is 12.4. The maximum absolute atomic E-state index is 12.4. The highest BCUT2D eigenvalue weighted by Gasteiger charge is 2.15. The van der Waals surface area contributed by atoms with Gasteiger partial charge in [0.15, 0.2) is 23.0 Å². The Balaban J connectivity index is 1.56. The van der Waals surface area contributed by atoms with Gasteiger partial charge in [-0.2, -0.15) is 0 Å². The summed E-state index contributed by atoms with van der Waals surface area (Å²) in [7, 11) is 0. The van der Waals surface area contributed by atoms with Crippen LogP contribution in [0.5, 0.6) is 23.0 Å². The Morgan fingerprint density at radius 3 is 2.52 bits per heavy atom. The van der Waals surface area contributed by atoms with Crippen molar-refractivity contribution in [3.05, 3.63) is 42.0 Å². The van der Waals surface area contributed by atoms with Crippen molar-refractivity contribution in [1.29, 1.82) is 0 Å². The minimum atomic E-state index is -0.141. The molecule has 0 radical (unpaired) electrons. The first-order valence-corrected chi connectivity index (χ1v) is 10.8. The van der Waals surface area contributed by atoms with Crippen LogP contribution in [-0.2, 0) is 4.79 Å². The van der Waals surface area contributed by atoms with Crippen LogP contribution in [0.15, 0.2) is 41.3 Å². The van der Waals surface area contributed by atoms with E-state index in [0.717, 1.165) is 22.0 Å². The third-order valence-corrected chi connectivity index (χ3v) is 5.32. The van der Waals surface area contributed by atoms with Gasteiger partial charge in [0.2, 0.25) is 5.91 Å². The zero-order chi connectivity index (χ0) is 20.6. The van der Waals surface area contributed by atoms with E-state index in [1.165, 1.54) is 11.8 Å². The first-order valence-electron chi connectivity index (χ1n) is 9.82. The van der Waals surface area contributed by atoms with Gasteiger partial charge in [-0.15, -0.1) is 11.8 Å². The molecule has 2 aromatic carbocycles. The van der Waals surface area contributed by atoms with E-state index < -0.39 is 0 Å². The molecule has 6 nitrogen and oxygen atoms in total. The standard InChI is InChI=1S/C22H27NO5S/c1-4-25-18-8-6-16(12-20(18)26-5-2)15(3)23-22(24)14-29-17-7-9-19-21(13-17)28-11-10-27-19/h6-9,12-13,15H,4-5,10-11,14H2,1-3H3,(H,23,24)/t15-/m0/s1. The van der Waals surface area contributed by atoms with Crippen molar-refractivity contribution in [3.8, 4) is 23.0 Å². The van der Waals surface area contributed by atoms with Gasteiger partial charge >= 0.3 is 0 Å². The van der Waals surface area contributed by atoms with Crippen LogP contribution in [0.3, 0.4) is 0 Å². The summed E-state index contributed by atoms with van der Waals surface area (Å²) in [4.78, 5) is 13.4. The van der Waals surface area contributed by atoms with Crippen LogP contribution < -0.4 is 24.3 Å². The zero-order valence-electron chi connectivity index (χ0n) is 17.0. The molecule has 156 valence electrons. The monoisotopic (exact) mass is 417 g/mol. The van der Waals surface area contributed by atoms with Crippen molar-refractivity contribution in [1.82, 2.24) is 5.32 Å². The van der Waals surface area contributed by atoms with Crippen molar-refractivity contribution in [2.45, 2.75) is 31.7 Å². The van der Waals surface area contributed by atoms with Gasteiger partial charge in [-0.05, 0) is 56.7 Å². The molecule has 1 aliphatic rings. The number of carbonyl (C=O) groups excluding carboxylic acids is 1. The molecule has 1 N–H and O–H groups in total. The maximum Gasteiger partial charge on any atom is 0.230 e. The fraction of sp³-hybridized carbons (Fsp3) is 0.409. The number of thioether (sulfide) groups is 1. The third-order valence-electron chi connectivity index (χ3n) is 4.33. The molecule has 0 spiro atoms. The van der Waals surface area contributed by atoms with Gasteiger partial charge < -0.3 is 24.3 Å². The van der Waals surface area contributed by atoms with Crippen molar-refractivity contribution >= 4 is 17.7 Å².